The minimum atomic E-state index is 0.449. The summed E-state index contributed by atoms with van der Waals surface area (Å²) in [5, 5.41) is 10.2. The molecular formula is C16H11Cl3N2O2S. The first-order valence-electron chi connectivity index (χ1n) is 6.92. The van der Waals surface area contributed by atoms with Gasteiger partial charge in [-0.2, -0.15) is 0 Å². The van der Waals surface area contributed by atoms with Crippen molar-refractivity contribution in [2.24, 2.45) is 0 Å². The maximum Gasteiger partial charge on any atom is 0.276 e. The van der Waals surface area contributed by atoms with Gasteiger partial charge in [-0.05, 0) is 42.5 Å². The third-order valence-corrected chi connectivity index (χ3v) is 4.52. The molecular weight excluding hydrogens is 391 g/mol. The van der Waals surface area contributed by atoms with Crippen LogP contribution in [0.5, 0.6) is 5.75 Å². The highest BCUT2D eigenvalue weighted by atomic mass is 35.5. The van der Waals surface area contributed by atoms with Crippen molar-refractivity contribution in [3.8, 4) is 17.2 Å². The maximum atomic E-state index is 6.04. The Balaban J connectivity index is 1.51. The van der Waals surface area contributed by atoms with Gasteiger partial charge in [0.25, 0.3) is 5.22 Å². The summed E-state index contributed by atoms with van der Waals surface area (Å²) in [4.78, 5) is 0. The molecule has 0 saturated carbocycles. The lowest BCUT2D eigenvalue weighted by molar-refractivity contribution is 0.343. The first kappa shape index (κ1) is 17.4. The third-order valence-electron chi connectivity index (χ3n) is 2.96. The van der Waals surface area contributed by atoms with E-state index in [0.717, 1.165) is 5.56 Å². The largest absolute Gasteiger partial charge is 0.491 e. The van der Waals surface area contributed by atoms with Crippen LogP contribution in [0.1, 0.15) is 0 Å². The summed E-state index contributed by atoms with van der Waals surface area (Å²) in [5.41, 5.74) is 0.822. The molecule has 8 heteroatoms. The summed E-state index contributed by atoms with van der Waals surface area (Å²) in [6.07, 6.45) is 0. The fourth-order valence-corrected chi connectivity index (χ4v) is 3.02. The highest BCUT2D eigenvalue weighted by Gasteiger charge is 2.09. The Bertz CT molecular complexity index is 824. The molecule has 1 heterocycles. The Morgan fingerprint density at radius 3 is 2.46 bits per heavy atom. The van der Waals surface area contributed by atoms with E-state index in [2.05, 4.69) is 10.2 Å². The molecule has 0 atom stereocenters. The number of nitrogens with zero attached hydrogens (tertiary/aromatic N) is 2. The number of hydrogen-bond donors (Lipinski definition) is 0. The zero-order valence-electron chi connectivity index (χ0n) is 12.2. The van der Waals surface area contributed by atoms with E-state index in [1.54, 1.807) is 30.3 Å². The first-order valence-corrected chi connectivity index (χ1v) is 9.04. The number of aromatic nitrogens is 2. The zero-order chi connectivity index (χ0) is 16.9. The van der Waals surface area contributed by atoms with E-state index >= 15 is 0 Å². The van der Waals surface area contributed by atoms with Crippen LogP contribution in [0.2, 0.25) is 15.1 Å². The second-order valence-electron chi connectivity index (χ2n) is 4.65. The number of hydrogen-bond acceptors (Lipinski definition) is 5. The molecule has 4 nitrogen and oxygen atoms in total. The third kappa shape index (κ3) is 4.57. The molecule has 0 amide bonds. The molecule has 0 N–H and O–H groups in total. The summed E-state index contributed by atoms with van der Waals surface area (Å²) in [7, 11) is 0. The van der Waals surface area contributed by atoms with Crippen molar-refractivity contribution in [2.75, 3.05) is 12.4 Å². The van der Waals surface area contributed by atoms with Crippen molar-refractivity contribution in [3.63, 3.8) is 0 Å². The van der Waals surface area contributed by atoms with Crippen LogP contribution in [0.4, 0.5) is 0 Å². The average Bonchev–Trinajstić information content (AvgIpc) is 3.03. The van der Waals surface area contributed by atoms with Gasteiger partial charge in [0.1, 0.15) is 5.75 Å². The van der Waals surface area contributed by atoms with Crippen molar-refractivity contribution >= 4 is 46.6 Å². The fourth-order valence-electron chi connectivity index (χ4n) is 1.85. The summed E-state index contributed by atoms with van der Waals surface area (Å²) in [5.74, 6) is 1.69. The highest BCUT2D eigenvalue weighted by molar-refractivity contribution is 7.99. The highest BCUT2D eigenvalue weighted by Crippen LogP contribution is 2.28. The standard InChI is InChI=1S/C16H11Cl3N2O2S/c17-11-3-1-10(2-4-11)15-20-21-16(23-15)24-8-7-22-14-6-5-12(18)9-13(14)19/h1-6,9H,7-8H2. The van der Waals surface area contributed by atoms with Crippen molar-refractivity contribution in [2.45, 2.75) is 5.22 Å². The number of benzene rings is 2. The molecule has 124 valence electrons. The molecule has 3 aromatic rings. The molecule has 0 unspecified atom stereocenters. The molecule has 0 fully saturated rings. The van der Waals surface area contributed by atoms with E-state index in [1.165, 1.54) is 11.8 Å². The van der Waals surface area contributed by atoms with Gasteiger partial charge in [-0.3, -0.25) is 0 Å². The fraction of sp³-hybridized carbons (Fsp3) is 0.125. The topological polar surface area (TPSA) is 48.2 Å². The van der Waals surface area contributed by atoms with Crippen LogP contribution in [0.15, 0.2) is 52.1 Å². The molecule has 0 aliphatic carbocycles. The lowest BCUT2D eigenvalue weighted by Gasteiger charge is -2.06. The number of thioether (sulfide) groups is 1. The van der Waals surface area contributed by atoms with Gasteiger partial charge in [0.05, 0.1) is 11.6 Å². The molecule has 0 bridgehead atoms. The Labute approximate surface area is 158 Å². The Kier molecular flexibility index (Phi) is 5.89. The molecule has 2 aromatic carbocycles. The number of halogens is 3. The molecule has 1 aromatic heterocycles. The van der Waals surface area contributed by atoms with Crippen LogP contribution in [-0.4, -0.2) is 22.6 Å². The Morgan fingerprint density at radius 1 is 0.958 bits per heavy atom. The maximum absolute atomic E-state index is 6.04. The van der Waals surface area contributed by atoms with Crippen molar-refractivity contribution in [1.29, 1.82) is 0 Å². The molecule has 0 spiro atoms. The van der Waals surface area contributed by atoms with Gasteiger partial charge in [0.2, 0.25) is 5.89 Å². The van der Waals surface area contributed by atoms with E-state index in [-0.39, 0.29) is 0 Å². The van der Waals surface area contributed by atoms with E-state index in [0.29, 0.717) is 44.3 Å². The number of rotatable bonds is 6. The van der Waals surface area contributed by atoms with Crippen molar-refractivity contribution in [3.05, 3.63) is 57.5 Å². The molecule has 0 radical (unpaired) electrons. The predicted octanol–water partition coefficient (Wildman–Crippen LogP) is 5.87. The minimum absolute atomic E-state index is 0.449. The van der Waals surface area contributed by atoms with Gasteiger partial charge < -0.3 is 9.15 Å². The van der Waals surface area contributed by atoms with Gasteiger partial charge in [-0.25, -0.2) is 0 Å². The van der Waals surface area contributed by atoms with Crippen molar-refractivity contribution in [1.82, 2.24) is 10.2 Å². The van der Waals surface area contributed by atoms with Crippen LogP contribution in [-0.2, 0) is 0 Å². The van der Waals surface area contributed by atoms with Crippen LogP contribution < -0.4 is 4.74 Å². The van der Waals surface area contributed by atoms with Crippen LogP contribution in [0, 0.1) is 0 Å². The van der Waals surface area contributed by atoms with Crippen LogP contribution >= 0.6 is 46.6 Å². The zero-order valence-corrected chi connectivity index (χ0v) is 15.3. The van der Waals surface area contributed by atoms with Crippen LogP contribution in [0.3, 0.4) is 0 Å². The van der Waals surface area contributed by atoms with E-state index in [1.807, 2.05) is 12.1 Å². The second kappa shape index (κ2) is 8.12. The molecule has 24 heavy (non-hydrogen) atoms. The van der Waals surface area contributed by atoms with E-state index in [9.17, 15) is 0 Å². The van der Waals surface area contributed by atoms with Crippen molar-refractivity contribution < 1.29 is 9.15 Å². The molecule has 3 rings (SSSR count). The Hall–Kier alpha value is -1.40. The lowest BCUT2D eigenvalue weighted by atomic mass is 10.2. The molecule has 0 aliphatic rings. The average molecular weight is 402 g/mol. The van der Waals surface area contributed by atoms with E-state index < -0.39 is 0 Å². The van der Waals surface area contributed by atoms with Gasteiger partial charge in [0, 0.05) is 21.4 Å². The quantitative estimate of drug-likeness (QED) is 0.382. The SMILES string of the molecule is Clc1ccc(-c2nnc(SCCOc3ccc(Cl)cc3Cl)o2)cc1. The minimum Gasteiger partial charge on any atom is -0.491 e. The monoisotopic (exact) mass is 400 g/mol. The first-order chi connectivity index (χ1) is 11.6. The van der Waals surface area contributed by atoms with Crippen LogP contribution in [0.25, 0.3) is 11.5 Å². The van der Waals surface area contributed by atoms with Gasteiger partial charge in [0.15, 0.2) is 0 Å². The second-order valence-corrected chi connectivity index (χ2v) is 6.98. The molecule has 0 saturated heterocycles. The predicted molar refractivity (Wildman–Crippen MR) is 97.4 cm³/mol. The van der Waals surface area contributed by atoms with Gasteiger partial charge in [-0.1, -0.05) is 46.6 Å². The smallest absolute Gasteiger partial charge is 0.276 e. The normalized spacial score (nSPS) is 10.8. The summed E-state index contributed by atoms with van der Waals surface area (Å²) < 4.78 is 11.2. The summed E-state index contributed by atoms with van der Waals surface area (Å²) >= 11 is 19.1. The van der Waals surface area contributed by atoms with E-state index in [4.69, 9.17) is 44.0 Å². The summed E-state index contributed by atoms with van der Waals surface area (Å²) in [6, 6.07) is 12.3. The Morgan fingerprint density at radius 2 is 1.71 bits per heavy atom. The molecule has 0 aliphatic heterocycles. The van der Waals surface area contributed by atoms with Gasteiger partial charge in [-0.15, -0.1) is 10.2 Å². The number of ether oxygens (including phenoxy) is 1. The van der Waals surface area contributed by atoms with Gasteiger partial charge >= 0.3 is 0 Å². The lowest BCUT2D eigenvalue weighted by Crippen LogP contribution is -2.00. The summed E-state index contributed by atoms with van der Waals surface area (Å²) in [6.45, 7) is 0.449.